The largest absolute Gasteiger partial charge is 0.368 e. The molecule has 2 aliphatic rings. The van der Waals surface area contributed by atoms with Crippen molar-refractivity contribution in [1.82, 2.24) is 9.80 Å². The lowest BCUT2D eigenvalue weighted by Gasteiger charge is -2.35. The Labute approximate surface area is 132 Å². The monoisotopic (exact) mass is 302 g/mol. The molecule has 128 valence electrons. The van der Waals surface area contributed by atoms with E-state index in [0.29, 0.717) is 0 Å². The lowest BCUT2D eigenvalue weighted by molar-refractivity contribution is -0.142. The summed E-state index contributed by atoms with van der Waals surface area (Å²) in [6, 6.07) is 0. The molecule has 1 unspecified atom stereocenters. The average molecular weight is 303 g/mol. The highest BCUT2D eigenvalue weighted by Crippen LogP contribution is 2.15. The predicted octanol–water partition coefficient (Wildman–Crippen LogP) is 3.41. The summed E-state index contributed by atoms with van der Waals surface area (Å²) in [4.78, 5) is 16.3. The molecule has 0 bridgehead atoms. The number of hydrogen-bond acceptors (Lipinski definition) is 3. The molecule has 0 aromatic carbocycles. The van der Waals surface area contributed by atoms with E-state index in [1.807, 2.05) is 46.4 Å². The van der Waals surface area contributed by atoms with Gasteiger partial charge in [-0.2, -0.15) is 0 Å². The van der Waals surface area contributed by atoms with Gasteiger partial charge in [0.25, 0.3) is 5.91 Å². The Morgan fingerprint density at radius 3 is 1.90 bits per heavy atom. The fourth-order valence-corrected chi connectivity index (χ4v) is 2.26. The highest BCUT2D eigenvalue weighted by molar-refractivity contribution is 5.81. The molecule has 0 aliphatic carbocycles. The Kier molecular flexibility index (Phi) is 17.0. The van der Waals surface area contributed by atoms with E-state index in [9.17, 15) is 4.79 Å². The molecule has 2 aliphatic heterocycles. The first kappa shape index (κ1) is 22.7. The van der Waals surface area contributed by atoms with E-state index in [-0.39, 0.29) is 12.0 Å². The molecule has 4 heteroatoms. The van der Waals surface area contributed by atoms with Crippen molar-refractivity contribution >= 4 is 5.91 Å². The van der Waals surface area contributed by atoms with Gasteiger partial charge in [0.2, 0.25) is 0 Å². The van der Waals surface area contributed by atoms with Crippen LogP contribution < -0.4 is 0 Å². The van der Waals surface area contributed by atoms with E-state index in [4.69, 9.17) is 4.74 Å². The van der Waals surface area contributed by atoms with Crippen LogP contribution in [0.5, 0.6) is 0 Å². The third-order valence-electron chi connectivity index (χ3n) is 3.34. The summed E-state index contributed by atoms with van der Waals surface area (Å²) in [5.41, 5.74) is 0. The van der Waals surface area contributed by atoms with E-state index in [1.165, 1.54) is 0 Å². The first-order valence-corrected chi connectivity index (χ1v) is 8.94. The number of rotatable bonds is 2. The van der Waals surface area contributed by atoms with Crippen LogP contribution in [0.25, 0.3) is 0 Å². The molecular weight excluding hydrogens is 264 g/mol. The molecule has 0 radical (unpaired) electrons. The predicted molar refractivity (Wildman–Crippen MR) is 91.7 cm³/mol. The molecule has 0 aromatic rings. The van der Waals surface area contributed by atoms with Crippen molar-refractivity contribution in [3.63, 3.8) is 0 Å². The molecule has 1 amide bonds. The summed E-state index contributed by atoms with van der Waals surface area (Å²) < 4.78 is 5.42. The fraction of sp³-hybridized carbons (Fsp3) is 0.941. The maximum Gasteiger partial charge on any atom is 0.251 e. The number of amides is 1. The second-order valence-electron chi connectivity index (χ2n) is 4.26. The van der Waals surface area contributed by atoms with Crippen LogP contribution in [0, 0.1) is 0 Å². The van der Waals surface area contributed by atoms with E-state index in [0.717, 1.165) is 52.2 Å². The van der Waals surface area contributed by atoms with Crippen LogP contribution in [0.15, 0.2) is 0 Å². The Bertz CT molecular complexity index is 221. The van der Waals surface area contributed by atoms with E-state index < -0.39 is 0 Å². The van der Waals surface area contributed by atoms with Crippen molar-refractivity contribution in [2.75, 3.05) is 39.3 Å². The van der Waals surface area contributed by atoms with Gasteiger partial charge >= 0.3 is 0 Å². The number of carbonyl (C=O) groups excluding carboxylic acids is 1. The molecule has 2 heterocycles. The molecule has 2 fully saturated rings. The molecular formula is C17H38N2O2. The van der Waals surface area contributed by atoms with Crippen molar-refractivity contribution in [3.05, 3.63) is 0 Å². The normalized spacial score (nSPS) is 21.1. The molecule has 4 nitrogen and oxygen atoms in total. The molecule has 1 atom stereocenters. The van der Waals surface area contributed by atoms with Gasteiger partial charge in [0.15, 0.2) is 0 Å². The van der Waals surface area contributed by atoms with Gasteiger partial charge in [-0.15, -0.1) is 0 Å². The zero-order valence-corrected chi connectivity index (χ0v) is 15.4. The van der Waals surface area contributed by atoms with Crippen LogP contribution in [0.2, 0.25) is 0 Å². The van der Waals surface area contributed by atoms with Crippen LogP contribution in [-0.4, -0.2) is 61.1 Å². The fourth-order valence-electron chi connectivity index (χ4n) is 2.26. The average Bonchev–Trinajstić information content (AvgIpc) is 3.14. The van der Waals surface area contributed by atoms with Gasteiger partial charge in [-0.25, -0.2) is 0 Å². The number of hydrogen-bond donors (Lipinski definition) is 0. The lowest BCUT2D eigenvalue weighted by Crippen LogP contribution is -2.51. The van der Waals surface area contributed by atoms with Crippen molar-refractivity contribution in [2.45, 2.75) is 67.4 Å². The summed E-state index contributed by atoms with van der Waals surface area (Å²) in [7, 11) is 0. The number of nitrogens with zero attached hydrogens (tertiary/aromatic N) is 2. The maximum atomic E-state index is 12.0. The molecule has 21 heavy (non-hydrogen) atoms. The second kappa shape index (κ2) is 15.8. The number of carbonyl (C=O) groups is 1. The van der Waals surface area contributed by atoms with Crippen LogP contribution in [-0.2, 0) is 9.53 Å². The Balaban J connectivity index is 0. The minimum atomic E-state index is -0.141. The van der Waals surface area contributed by atoms with Gasteiger partial charge in [0.1, 0.15) is 6.10 Å². The summed E-state index contributed by atoms with van der Waals surface area (Å²) in [5.74, 6) is 0.211. The molecule has 0 saturated carbocycles. The summed E-state index contributed by atoms with van der Waals surface area (Å²) >= 11 is 0. The number of likely N-dealkylation sites (N-methyl/N-ethyl adjacent to an activating group) is 1. The first-order valence-electron chi connectivity index (χ1n) is 8.94. The van der Waals surface area contributed by atoms with Gasteiger partial charge in [-0.1, -0.05) is 48.5 Å². The van der Waals surface area contributed by atoms with Crippen molar-refractivity contribution in [2.24, 2.45) is 0 Å². The Morgan fingerprint density at radius 1 is 1.00 bits per heavy atom. The molecule has 0 N–H and O–H groups in total. The quantitative estimate of drug-likeness (QED) is 0.783. The third-order valence-corrected chi connectivity index (χ3v) is 3.34. The molecule has 0 spiro atoms. The second-order valence-corrected chi connectivity index (χ2v) is 4.26. The van der Waals surface area contributed by atoms with Gasteiger partial charge in [0.05, 0.1) is 0 Å². The minimum absolute atomic E-state index is 0.141. The highest BCUT2D eigenvalue weighted by atomic mass is 16.5. The molecule has 0 aromatic heterocycles. The first-order chi connectivity index (χ1) is 10.3. The zero-order valence-electron chi connectivity index (χ0n) is 15.4. The van der Waals surface area contributed by atoms with Gasteiger partial charge in [-0.05, 0) is 19.4 Å². The highest BCUT2D eigenvalue weighted by Gasteiger charge is 2.29. The number of ether oxygens (including phenoxy) is 1. The van der Waals surface area contributed by atoms with E-state index >= 15 is 0 Å². The standard InChI is InChI=1S/C11H20N2O2.3C2H6/c1-2-12-5-7-13(8-6-12)11(14)10-4-3-9-15-10;3*1-2/h10H,2-9H2,1H3;3*1-2H3. The topological polar surface area (TPSA) is 32.8 Å². The van der Waals surface area contributed by atoms with Crippen LogP contribution in [0.4, 0.5) is 0 Å². The maximum absolute atomic E-state index is 12.0. The van der Waals surface area contributed by atoms with Crippen LogP contribution in [0.1, 0.15) is 61.3 Å². The summed E-state index contributed by atoms with van der Waals surface area (Å²) in [6.07, 6.45) is 1.80. The Morgan fingerprint density at radius 2 is 1.52 bits per heavy atom. The van der Waals surface area contributed by atoms with Crippen molar-refractivity contribution < 1.29 is 9.53 Å². The minimum Gasteiger partial charge on any atom is -0.368 e. The molecule has 2 saturated heterocycles. The van der Waals surface area contributed by atoms with E-state index in [1.54, 1.807) is 0 Å². The SMILES string of the molecule is CC.CC.CC.CCN1CCN(C(=O)C2CCCO2)CC1. The van der Waals surface area contributed by atoms with Gasteiger partial charge < -0.3 is 14.5 Å². The molecule has 2 rings (SSSR count). The van der Waals surface area contributed by atoms with E-state index in [2.05, 4.69) is 11.8 Å². The van der Waals surface area contributed by atoms with Crippen LogP contribution in [0.3, 0.4) is 0 Å². The number of piperazine rings is 1. The van der Waals surface area contributed by atoms with Gasteiger partial charge in [-0.3, -0.25) is 4.79 Å². The zero-order chi connectivity index (χ0) is 16.7. The smallest absolute Gasteiger partial charge is 0.251 e. The summed E-state index contributed by atoms with van der Waals surface area (Å²) in [6.45, 7) is 19.8. The van der Waals surface area contributed by atoms with Crippen LogP contribution >= 0.6 is 0 Å². The third kappa shape index (κ3) is 8.42. The lowest BCUT2D eigenvalue weighted by atomic mass is 10.2. The van der Waals surface area contributed by atoms with Crippen molar-refractivity contribution in [3.8, 4) is 0 Å². The van der Waals surface area contributed by atoms with Gasteiger partial charge in [0, 0.05) is 32.8 Å². The Hall–Kier alpha value is -0.610. The van der Waals surface area contributed by atoms with Crippen molar-refractivity contribution in [1.29, 1.82) is 0 Å². The summed E-state index contributed by atoms with van der Waals surface area (Å²) in [5, 5.41) is 0.